The summed E-state index contributed by atoms with van der Waals surface area (Å²) in [7, 11) is 0. The summed E-state index contributed by atoms with van der Waals surface area (Å²) in [4.78, 5) is 18.9. The molecule has 2 bridgehead atoms. The summed E-state index contributed by atoms with van der Waals surface area (Å²) in [6.45, 7) is 9.69. The van der Waals surface area contributed by atoms with E-state index < -0.39 is 11.7 Å². The van der Waals surface area contributed by atoms with E-state index in [0.717, 1.165) is 107 Å². The van der Waals surface area contributed by atoms with E-state index in [-0.39, 0.29) is 29.6 Å². The van der Waals surface area contributed by atoms with Crippen molar-refractivity contribution >= 4 is 5.78 Å². The molecule has 1 aliphatic heterocycles. The number of hydrogen-bond donors (Lipinski definition) is 3. The molecule has 0 aromatic heterocycles. The molecule has 6 rings (SSSR count). The van der Waals surface area contributed by atoms with Crippen molar-refractivity contribution < 1.29 is 20.1 Å². The van der Waals surface area contributed by atoms with Gasteiger partial charge in [-0.15, -0.1) is 0 Å². The molecule has 41 heavy (non-hydrogen) atoms. The number of benzene rings is 1. The van der Waals surface area contributed by atoms with E-state index in [4.69, 9.17) is 0 Å². The van der Waals surface area contributed by atoms with Gasteiger partial charge in [0.1, 0.15) is 0 Å². The second-order valence-corrected chi connectivity index (χ2v) is 14.0. The molecular weight excluding hydrogens is 512 g/mol. The van der Waals surface area contributed by atoms with Crippen LogP contribution in [0.15, 0.2) is 29.8 Å². The van der Waals surface area contributed by atoms with Crippen LogP contribution >= 0.6 is 0 Å². The zero-order valence-electron chi connectivity index (χ0n) is 25.6. The van der Waals surface area contributed by atoms with Gasteiger partial charge in [0.2, 0.25) is 0 Å². The number of nitrogens with zero attached hydrogens (tertiary/aromatic N) is 2. The molecule has 5 aliphatic rings. The van der Waals surface area contributed by atoms with Crippen molar-refractivity contribution in [2.75, 3.05) is 45.9 Å². The van der Waals surface area contributed by atoms with Gasteiger partial charge < -0.3 is 15.3 Å². The molecule has 1 aromatic carbocycles. The lowest BCUT2D eigenvalue weighted by Crippen LogP contribution is -2.56. The number of aliphatic hydroxyl groups excluding tert-OH is 2. The van der Waals surface area contributed by atoms with E-state index >= 15 is 0 Å². The highest BCUT2D eigenvalue weighted by Crippen LogP contribution is 2.59. The maximum Gasteiger partial charge on any atom is 0.166 e. The first-order valence-corrected chi connectivity index (χ1v) is 16.5. The smallest absolute Gasteiger partial charge is 0.166 e. The Morgan fingerprint density at radius 3 is 2.46 bits per heavy atom. The SMILES string of the molecule is CC1=CCC[C@@]2(C)[C@@H](CC[C@@]2(O)CN2CCN(CCO)CC2)c2ccc(cc2C(=O)C2CCCCC2)C[C@@H](O)CC1. The summed E-state index contributed by atoms with van der Waals surface area (Å²) in [6, 6.07) is 6.44. The summed E-state index contributed by atoms with van der Waals surface area (Å²) in [6.07, 6.45) is 12.9. The first-order chi connectivity index (χ1) is 19.7. The third-order valence-corrected chi connectivity index (χ3v) is 11.3. The normalized spacial score (nSPS) is 32.9. The monoisotopic (exact) mass is 566 g/mol. The maximum atomic E-state index is 14.2. The van der Waals surface area contributed by atoms with Crippen molar-refractivity contribution in [2.45, 2.75) is 109 Å². The fourth-order valence-electron chi connectivity index (χ4n) is 8.48. The van der Waals surface area contributed by atoms with E-state index in [1.807, 2.05) is 0 Å². The van der Waals surface area contributed by atoms with Crippen LogP contribution in [0.5, 0.6) is 0 Å². The Hall–Kier alpha value is -1.57. The van der Waals surface area contributed by atoms with Crippen molar-refractivity contribution in [3.63, 3.8) is 0 Å². The van der Waals surface area contributed by atoms with E-state index in [2.05, 4.69) is 47.9 Å². The van der Waals surface area contributed by atoms with E-state index in [1.165, 1.54) is 12.0 Å². The maximum absolute atomic E-state index is 14.2. The van der Waals surface area contributed by atoms with Gasteiger partial charge in [-0.25, -0.2) is 0 Å². The van der Waals surface area contributed by atoms with Crippen molar-refractivity contribution in [1.29, 1.82) is 0 Å². The minimum Gasteiger partial charge on any atom is -0.395 e. The first-order valence-electron chi connectivity index (χ1n) is 16.5. The van der Waals surface area contributed by atoms with Crippen LogP contribution in [0.3, 0.4) is 0 Å². The Morgan fingerprint density at radius 2 is 1.73 bits per heavy atom. The lowest BCUT2D eigenvalue weighted by molar-refractivity contribution is -0.0888. The number of carbonyl (C=O) groups is 1. The third-order valence-electron chi connectivity index (χ3n) is 11.3. The summed E-state index contributed by atoms with van der Waals surface area (Å²) >= 11 is 0. The molecule has 1 heterocycles. The summed E-state index contributed by atoms with van der Waals surface area (Å²) < 4.78 is 0. The average molecular weight is 567 g/mol. The van der Waals surface area contributed by atoms with E-state index in [9.17, 15) is 20.1 Å². The predicted octanol–water partition coefficient (Wildman–Crippen LogP) is 5.10. The molecule has 0 radical (unpaired) electrons. The van der Waals surface area contributed by atoms with Gasteiger partial charge in [0.05, 0.1) is 18.3 Å². The Labute approximate surface area is 247 Å². The molecule has 3 N–H and O–H groups in total. The number of ketones is 1. The quantitative estimate of drug-likeness (QED) is 0.328. The fourth-order valence-corrected chi connectivity index (χ4v) is 8.48. The van der Waals surface area contributed by atoms with Gasteiger partial charge in [-0.05, 0) is 87.8 Å². The standard InChI is InChI=1S/C35H54N2O4/c1-26-7-6-15-34(2)32(14-16-35(34,41)25-37-19-17-36(18-20-37)21-22-38)30-13-11-27(23-29(39)12-10-26)24-31(30)33(40)28-8-4-3-5-9-28/h7,11,13,24,28-29,32,38-39,41H,3-6,8-10,12,14-23,25H2,1-2H3/t29-,32-,34-,35+/m0/s1. The highest BCUT2D eigenvalue weighted by Gasteiger charge is 2.57. The lowest BCUT2D eigenvalue weighted by Gasteiger charge is -2.47. The van der Waals surface area contributed by atoms with E-state index in [1.54, 1.807) is 0 Å². The number of rotatable bonds is 6. The minimum atomic E-state index is -0.838. The summed E-state index contributed by atoms with van der Waals surface area (Å²) in [5.41, 5.74) is 3.15. The van der Waals surface area contributed by atoms with Crippen LogP contribution in [-0.4, -0.2) is 88.5 Å². The fraction of sp³-hybridized carbons (Fsp3) is 0.743. The van der Waals surface area contributed by atoms with Crippen LogP contribution in [-0.2, 0) is 6.42 Å². The number of aliphatic hydroxyl groups is 3. The number of carbonyl (C=O) groups excluding carboxylic acids is 1. The first kappa shape index (κ1) is 30.9. The molecule has 1 saturated heterocycles. The molecule has 4 aliphatic carbocycles. The molecule has 3 fully saturated rings. The topological polar surface area (TPSA) is 84.2 Å². The number of fused-ring (bicyclic) bond motifs is 8. The third kappa shape index (κ3) is 6.83. The van der Waals surface area contributed by atoms with Gasteiger partial charge in [0.25, 0.3) is 0 Å². The number of allylic oxidation sites excluding steroid dienone is 2. The molecule has 6 heteroatoms. The van der Waals surface area contributed by atoms with Gasteiger partial charge in [0.15, 0.2) is 5.78 Å². The lowest BCUT2D eigenvalue weighted by atomic mass is 9.64. The Morgan fingerprint density at radius 1 is 1.00 bits per heavy atom. The van der Waals surface area contributed by atoms with Crippen LogP contribution in [0.1, 0.15) is 112 Å². The second kappa shape index (κ2) is 13.4. The van der Waals surface area contributed by atoms with Gasteiger partial charge in [-0.1, -0.05) is 50.0 Å². The molecule has 4 atom stereocenters. The molecule has 0 spiro atoms. The van der Waals surface area contributed by atoms with E-state index in [0.29, 0.717) is 19.5 Å². The Bertz CT molecular complexity index is 1070. The Kier molecular flexibility index (Phi) is 10.1. The molecular formula is C35H54N2O4. The number of β-amino-alcohol motifs (C(OH)–C–C–N with tert-alkyl or cyclic N) is 2. The van der Waals surface area contributed by atoms with Crippen LogP contribution in [0.2, 0.25) is 0 Å². The van der Waals surface area contributed by atoms with Crippen molar-refractivity contribution in [1.82, 2.24) is 9.80 Å². The molecule has 0 amide bonds. The van der Waals surface area contributed by atoms with Crippen molar-refractivity contribution in [3.8, 4) is 0 Å². The number of piperazine rings is 1. The van der Waals surface area contributed by atoms with Gasteiger partial charge in [-0.3, -0.25) is 14.6 Å². The van der Waals surface area contributed by atoms with Gasteiger partial charge in [-0.2, -0.15) is 0 Å². The molecule has 6 nitrogen and oxygen atoms in total. The number of hydrogen-bond acceptors (Lipinski definition) is 6. The van der Waals surface area contributed by atoms with Gasteiger partial charge in [0, 0.05) is 56.2 Å². The predicted molar refractivity (Wildman–Crippen MR) is 164 cm³/mol. The zero-order valence-corrected chi connectivity index (χ0v) is 25.6. The van der Waals surface area contributed by atoms with Crippen LogP contribution in [0.25, 0.3) is 0 Å². The van der Waals surface area contributed by atoms with Crippen LogP contribution in [0, 0.1) is 11.3 Å². The van der Waals surface area contributed by atoms with Crippen molar-refractivity contribution in [3.05, 3.63) is 46.5 Å². The second-order valence-electron chi connectivity index (χ2n) is 14.0. The largest absolute Gasteiger partial charge is 0.395 e. The summed E-state index contributed by atoms with van der Waals surface area (Å²) in [5.74, 6) is 0.493. The molecule has 0 unspecified atom stereocenters. The zero-order chi connectivity index (χ0) is 29.0. The van der Waals surface area contributed by atoms with Crippen molar-refractivity contribution in [2.24, 2.45) is 11.3 Å². The summed E-state index contributed by atoms with van der Waals surface area (Å²) in [5, 5.41) is 32.8. The molecule has 228 valence electrons. The minimum absolute atomic E-state index is 0.0916. The van der Waals surface area contributed by atoms with Gasteiger partial charge >= 0.3 is 0 Å². The molecule has 1 aromatic rings. The molecule has 2 saturated carbocycles. The average Bonchev–Trinajstić information content (AvgIpc) is 3.22. The highest BCUT2D eigenvalue weighted by atomic mass is 16.3. The highest BCUT2D eigenvalue weighted by molar-refractivity contribution is 5.99. The van der Waals surface area contributed by atoms with Crippen LogP contribution < -0.4 is 0 Å². The van der Waals surface area contributed by atoms with Crippen LogP contribution in [0.4, 0.5) is 0 Å². The Balaban J connectivity index is 1.49. The number of Topliss-reactive ketones (excluding diaryl/α,β-unsaturated/α-hetero) is 1.